The summed E-state index contributed by atoms with van der Waals surface area (Å²) in [6.45, 7) is 6.89. The molecule has 1 fully saturated rings. The van der Waals surface area contributed by atoms with Crippen molar-refractivity contribution in [1.82, 2.24) is 19.9 Å². The zero-order valence-corrected chi connectivity index (χ0v) is 19.7. The maximum absolute atomic E-state index is 13.5. The van der Waals surface area contributed by atoms with Crippen molar-refractivity contribution in [3.05, 3.63) is 47.5 Å². The summed E-state index contributed by atoms with van der Waals surface area (Å²) in [6, 6.07) is 6.67. The molecule has 0 aliphatic carbocycles. The molecule has 3 aromatic rings. The quantitative estimate of drug-likeness (QED) is 0.518. The summed E-state index contributed by atoms with van der Waals surface area (Å²) in [4.78, 5) is 4.62. The number of hydrogen-bond donors (Lipinski definition) is 2. The number of thioether (sulfide) groups is 1. The summed E-state index contributed by atoms with van der Waals surface area (Å²) in [6.07, 6.45) is 4.28. The van der Waals surface area contributed by atoms with Crippen molar-refractivity contribution >= 4 is 35.5 Å². The van der Waals surface area contributed by atoms with E-state index in [1.54, 1.807) is 13.2 Å². The molecule has 0 radical (unpaired) electrons. The lowest BCUT2D eigenvalue weighted by Gasteiger charge is -2.22. The Bertz CT molecular complexity index is 1020. The molecule has 1 saturated heterocycles. The van der Waals surface area contributed by atoms with E-state index in [2.05, 4.69) is 35.5 Å². The van der Waals surface area contributed by atoms with E-state index in [1.165, 1.54) is 25.0 Å². The molecule has 2 N–H and O–H groups in total. The van der Waals surface area contributed by atoms with Crippen LogP contribution in [0.4, 0.5) is 10.1 Å². The fraction of sp³-hybridized carbons (Fsp3) is 0.455. The Hall–Kier alpha value is -2.03. The van der Waals surface area contributed by atoms with Gasteiger partial charge < -0.3 is 15.4 Å². The summed E-state index contributed by atoms with van der Waals surface area (Å²) >= 11 is 1.81. The molecular formula is C22H29ClFN5OS. The molecule has 2 aromatic heterocycles. The number of nitrogens with zero attached hydrogens (tertiary/aromatic N) is 3. The number of nitrogens with one attached hydrogen (secondary N) is 2. The van der Waals surface area contributed by atoms with Crippen LogP contribution in [0.15, 0.2) is 35.5 Å². The van der Waals surface area contributed by atoms with Gasteiger partial charge in [-0.05, 0) is 37.4 Å². The van der Waals surface area contributed by atoms with Crippen LogP contribution in [0.1, 0.15) is 43.9 Å². The molecule has 1 aliphatic heterocycles. The lowest BCUT2D eigenvalue weighted by atomic mass is 10.1. The number of fused-ring (bicyclic) bond motifs is 1. The fourth-order valence-electron chi connectivity index (χ4n) is 3.69. The normalized spacial score (nSPS) is 16.4. The van der Waals surface area contributed by atoms with Crippen LogP contribution in [0.25, 0.3) is 5.65 Å². The molecule has 9 heteroatoms. The minimum absolute atomic E-state index is 0. The molecule has 6 nitrogen and oxygen atoms in total. The Morgan fingerprint density at radius 3 is 2.90 bits per heavy atom. The van der Waals surface area contributed by atoms with Gasteiger partial charge in [-0.3, -0.25) is 0 Å². The lowest BCUT2D eigenvalue weighted by molar-refractivity contribution is 0.406. The molecule has 1 aromatic carbocycles. The standard InChI is InChI=1S/C22H28FN5OS.ClH/c1-14(2)19-13-26-22-18(25-11-15-6-7-16(23)9-20(15)29-3)10-21(27-28(19)22)30-17-5-4-8-24-12-17;/h6-7,9-10,13-14,17,24-25H,4-5,8,11-12H2,1-3H3;1H. The number of anilines is 1. The Morgan fingerprint density at radius 1 is 1.35 bits per heavy atom. The molecule has 1 unspecified atom stereocenters. The summed E-state index contributed by atoms with van der Waals surface area (Å²) in [7, 11) is 1.55. The molecule has 4 rings (SSSR count). The SMILES string of the molecule is COc1cc(F)ccc1CNc1cc(SC2CCCNC2)nn2c(C(C)C)cnc12.Cl. The highest BCUT2D eigenvalue weighted by Crippen LogP contribution is 2.31. The molecule has 1 atom stereocenters. The van der Waals surface area contributed by atoms with E-state index in [4.69, 9.17) is 9.84 Å². The number of rotatable bonds is 7. The van der Waals surface area contributed by atoms with E-state index in [9.17, 15) is 4.39 Å². The topological polar surface area (TPSA) is 63.5 Å². The first-order chi connectivity index (χ1) is 14.5. The second-order valence-corrected chi connectivity index (χ2v) is 9.19. The first-order valence-electron chi connectivity index (χ1n) is 10.4. The Balaban J connectivity index is 0.00000272. The maximum Gasteiger partial charge on any atom is 0.177 e. The number of imidazole rings is 1. The van der Waals surface area contributed by atoms with Gasteiger partial charge in [0.1, 0.15) is 16.6 Å². The van der Waals surface area contributed by atoms with Gasteiger partial charge in [-0.1, -0.05) is 31.7 Å². The fourth-order valence-corrected chi connectivity index (χ4v) is 4.83. The van der Waals surface area contributed by atoms with Crippen LogP contribution in [-0.4, -0.2) is 40.0 Å². The molecular weight excluding hydrogens is 437 g/mol. The summed E-state index contributed by atoms with van der Waals surface area (Å²) in [5.41, 5.74) is 3.67. The molecule has 1 aliphatic rings. The van der Waals surface area contributed by atoms with Crippen LogP contribution in [0.2, 0.25) is 0 Å². The van der Waals surface area contributed by atoms with Gasteiger partial charge >= 0.3 is 0 Å². The van der Waals surface area contributed by atoms with Crippen molar-refractivity contribution in [3.8, 4) is 5.75 Å². The van der Waals surface area contributed by atoms with Crippen LogP contribution in [0, 0.1) is 5.82 Å². The number of hydrogen-bond acceptors (Lipinski definition) is 6. The number of benzene rings is 1. The highest BCUT2D eigenvalue weighted by Gasteiger charge is 2.19. The molecule has 0 amide bonds. The summed E-state index contributed by atoms with van der Waals surface area (Å²) < 4.78 is 20.8. The third-order valence-electron chi connectivity index (χ3n) is 5.32. The third-order valence-corrected chi connectivity index (χ3v) is 6.50. The number of halogens is 2. The monoisotopic (exact) mass is 465 g/mol. The van der Waals surface area contributed by atoms with E-state index in [1.807, 2.05) is 22.5 Å². The second kappa shape index (κ2) is 10.5. The molecule has 3 heterocycles. The number of methoxy groups -OCH3 is 1. The minimum Gasteiger partial charge on any atom is -0.496 e. The Labute approximate surface area is 192 Å². The van der Waals surface area contributed by atoms with Crippen LogP contribution >= 0.6 is 24.2 Å². The van der Waals surface area contributed by atoms with Gasteiger partial charge in [0.2, 0.25) is 0 Å². The van der Waals surface area contributed by atoms with Gasteiger partial charge in [0.15, 0.2) is 5.65 Å². The van der Waals surface area contributed by atoms with Crippen LogP contribution in [-0.2, 0) is 6.54 Å². The van der Waals surface area contributed by atoms with E-state index < -0.39 is 0 Å². The molecule has 0 spiro atoms. The summed E-state index contributed by atoms with van der Waals surface area (Å²) in [5.74, 6) is 0.535. The Morgan fingerprint density at radius 2 is 2.19 bits per heavy atom. The van der Waals surface area contributed by atoms with Crippen LogP contribution in [0.3, 0.4) is 0 Å². The van der Waals surface area contributed by atoms with Crippen LogP contribution < -0.4 is 15.4 Å². The van der Waals surface area contributed by atoms with E-state index in [0.717, 1.165) is 40.7 Å². The van der Waals surface area contributed by atoms with Crippen molar-refractivity contribution in [2.24, 2.45) is 0 Å². The third kappa shape index (κ3) is 5.42. The van der Waals surface area contributed by atoms with Crippen molar-refractivity contribution in [2.45, 2.75) is 49.4 Å². The van der Waals surface area contributed by atoms with Gasteiger partial charge in [0, 0.05) is 30.0 Å². The van der Waals surface area contributed by atoms with Crippen molar-refractivity contribution in [2.75, 3.05) is 25.5 Å². The predicted molar refractivity (Wildman–Crippen MR) is 126 cm³/mol. The second-order valence-electron chi connectivity index (χ2n) is 7.87. The van der Waals surface area contributed by atoms with E-state index in [0.29, 0.717) is 23.5 Å². The Kier molecular flexibility index (Phi) is 8.02. The molecule has 0 bridgehead atoms. The molecule has 31 heavy (non-hydrogen) atoms. The smallest absolute Gasteiger partial charge is 0.177 e. The van der Waals surface area contributed by atoms with Gasteiger partial charge in [-0.25, -0.2) is 13.9 Å². The van der Waals surface area contributed by atoms with Gasteiger partial charge in [0.25, 0.3) is 0 Å². The van der Waals surface area contributed by atoms with Crippen molar-refractivity contribution in [1.29, 1.82) is 0 Å². The number of aromatic nitrogens is 3. The number of piperidine rings is 1. The average Bonchev–Trinajstić information content (AvgIpc) is 3.17. The van der Waals surface area contributed by atoms with Crippen molar-refractivity contribution in [3.63, 3.8) is 0 Å². The molecule has 168 valence electrons. The zero-order chi connectivity index (χ0) is 21.1. The van der Waals surface area contributed by atoms with Gasteiger partial charge in [-0.15, -0.1) is 12.4 Å². The van der Waals surface area contributed by atoms with E-state index >= 15 is 0 Å². The van der Waals surface area contributed by atoms with Crippen molar-refractivity contribution < 1.29 is 9.13 Å². The van der Waals surface area contributed by atoms with Gasteiger partial charge in [-0.2, -0.15) is 5.10 Å². The minimum atomic E-state index is -0.309. The van der Waals surface area contributed by atoms with Gasteiger partial charge in [0.05, 0.1) is 24.7 Å². The average molecular weight is 466 g/mol. The van der Waals surface area contributed by atoms with Crippen LogP contribution in [0.5, 0.6) is 5.75 Å². The molecule has 0 saturated carbocycles. The highest BCUT2D eigenvalue weighted by atomic mass is 35.5. The maximum atomic E-state index is 13.5. The number of ether oxygens (including phenoxy) is 1. The summed E-state index contributed by atoms with van der Waals surface area (Å²) in [5, 5.41) is 13.3. The first kappa shape index (κ1) is 23.6. The van der Waals surface area contributed by atoms with E-state index in [-0.39, 0.29) is 18.2 Å². The largest absolute Gasteiger partial charge is 0.496 e. The highest BCUT2D eigenvalue weighted by molar-refractivity contribution is 7.99. The first-order valence-corrected chi connectivity index (χ1v) is 11.3. The lowest BCUT2D eigenvalue weighted by Crippen LogP contribution is -2.31. The predicted octanol–water partition coefficient (Wildman–Crippen LogP) is 4.88. The zero-order valence-electron chi connectivity index (χ0n) is 18.0.